The summed E-state index contributed by atoms with van der Waals surface area (Å²) >= 11 is 15.5. The van der Waals surface area contributed by atoms with Gasteiger partial charge in [0.25, 0.3) is 0 Å². The number of aliphatic hydroxyl groups is 1. The van der Waals surface area contributed by atoms with Crippen LogP contribution in [0.3, 0.4) is 0 Å². The number of aliphatic hydroxyl groups excluding tert-OH is 1. The van der Waals surface area contributed by atoms with E-state index in [-0.39, 0.29) is 6.10 Å². The van der Waals surface area contributed by atoms with Crippen molar-refractivity contribution in [1.29, 1.82) is 0 Å². The Labute approximate surface area is 145 Å². The van der Waals surface area contributed by atoms with Crippen molar-refractivity contribution < 1.29 is 9.84 Å². The Kier molecular flexibility index (Phi) is 8.35. The van der Waals surface area contributed by atoms with Crippen molar-refractivity contribution >= 4 is 44.8 Å². The SMILES string of the molecule is CC(C)CC(C)OCC(O)CNc1ccc(Br)c(Cl)c1Cl. The zero-order valence-corrected chi connectivity index (χ0v) is 15.6. The third-order valence-corrected chi connectivity index (χ3v) is 4.71. The lowest BCUT2D eigenvalue weighted by Gasteiger charge is -2.19. The predicted molar refractivity (Wildman–Crippen MR) is 93.5 cm³/mol. The summed E-state index contributed by atoms with van der Waals surface area (Å²) in [6, 6.07) is 3.62. The summed E-state index contributed by atoms with van der Waals surface area (Å²) in [4.78, 5) is 0. The lowest BCUT2D eigenvalue weighted by atomic mass is 10.1. The number of hydrogen-bond acceptors (Lipinski definition) is 3. The summed E-state index contributed by atoms with van der Waals surface area (Å²) in [7, 11) is 0. The highest BCUT2D eigenvalue weighted by Gasteiger charge is 2.12. The zero-order valence-electron chi connectivity index (χ0n) is 12.5. The molecule has 2 unspecified atom stereocenters. The second-order valence-electron chi connectivity index (χ2n) is 5.53. The van der Waals surface area contributed by atoms with E-state index in [1.54, 1.807) is 0 Å². The van der Waals surface area contributed by atoms with Gasteiger partial charge in [0.05, 0.1) is 34.5 Å². The van der Waals surface area contributed by atoms with E-state index in [0.717, 1.165) is 10.9 Å². The van der Waals surface area contributed by atoms with E-state index in [9.17, 15) is 5.11 Å². The van der Waals surface area contributed by atoms with Gasteiger partial charge in [-0.2, -0.15) is 0 Å². The Bertz CT molecular complexity index is 458. The van der Waals surface area contributed by atoms with Crippen molar-refractivity contribution in [2.24, 2.45) is 5.92 Å². The average Bonchev–Trinajstić information content (AvgIpc) is 2.41. The van der Waals surface area contributed by atoms with Gasteiger partial charge in [-0.3, -0.25) is 0 Å². The Balaban J connectivity index is 2.40. The molecule has 1 rings (SSSR count). The number of hydrogen-bond donors (Lipinski definition) is 2. The van der Waals surface area contributed by atoms with Crippen molar-refractivity contribution in [3.63, 3.8) is 0 Å². The van der Waals surface area contributed by atoms with E-state index in [4.69, 9.17) is 27.9 Å². The molecule has 0 saturated carbocycles. The molecule has 0 radical (unpaired) electrons. The molecule has 1 aromatic rings. The van der Waals surface area contributed by atoms with Gasteiger partial charge in [0, 0.05) is 11.0 Å². The van der Waals surface area contributed by atoms with Crippen LogP contribution in [0, 0.1) is 5.92 Å². The number of benzene rings is 1. The predicted octanol–water partition coefficient (Wildman–Crippen LogP) is 4.98. The highest BCUT2D eigenvalue weighted by atomic mass is 79.9. The van der Waals surface area contributed by atoms with Gasteiger partial charge in [0.2, 0.25) is 0 Å². The highest BCUT2D eigenvalue weighted by molar-refractivity contribution is 9.10. The van der Waals surface area contributed by atoms with Crippen LogP contribution in [0.2, 0.25) is 10.0 Å². The molecule has 120 valence electrons. The number of ether oxygens (including phenoxy) is 1. The normalized spacial score (nSPS) is 14.3. The van der Waals surface area contributed by atoms with E-state index < -0.39 is 6.10 Å². The van der Waals surface area contributed by atoms with Gasteiger partial charge in [0.15, 0.2) is 0 Å². The third kappa shape index (κ3) is 6.74. The smallest absolute Gasteiger partial charge is 0.0945 e. The first-order valence-corrected chi connectivity index (χ1v) is 8.53. The van der Waals surface area contributed by atoms with Crippen molar-refractivity contribution in [2.45, 2.75) is 39.4 Å². The quantitative estimate of drug-likeness (QED) is 0.606. The van der Waals surface area contributed by atoms with Crippen molar-refractivity contribution in [2.75, 3.05) is 18.5 Å². The maximum Gasteiger partial charge on any atom is 0.0945 e. The third-order valence-electron chi connectivity index (χ3n) is 2.94. The van der Waals surface area contributed by atoms with Gasteiger partial charge in [0.1, 0.15) is 0 Å². The molecule has 1 aromatic carbocycles. The van der Waals surface area contributed by atoms with E-state index in [2.05, 4.69) is 35.1 Å². The Morgan fingerprint density at radius 3 is 2.52 bits per heavy atom. The largest absolute Gasteiger partial charge is 0.389 e. The van der Waals surface area contributed by atoms with Gasteiger partial charge in [-0.15, -0.1) is 0 Å². The molecule has 6 heteroatoms. The molecule has 0 saturated heterocycles. The average molecular weight is 399 g/mol. The molecular formula is C15H22BrCl2NO2. The number of anilines is 1. The van der Waals surface area contributed by atoms with Crippen LogP contribution in [0.4, 0.5) is 5.69 Å². The Hall–Kier alpha value is -0.000000000000000111. The minimum Gasteiger partial charge on any atom is -0.389 e. The lowest BCUT2D eigenvalue weighted by Crippen LogP contribution is -2.27. The lowest BCUT2D eigenvalue weighted by molar-refractivity contribution is -0.00443. The fourth-order valence-electron chi connectivity index (χ4n) is 1.96. The summed E-state index contributed by atoms with van der Waals surface area (Å²) in [6.45, 7) is 6.97. The molecule has 0 aliphatic heterocycles. The zero-order chi connectivity index (χ0) is 16.0. The van der Waals surface area contributed by atoms with Crippen LogP contribution < -0.4 is 5.32 Å². The molecule has 0 amide bonds. The van der Waals surface area contributed by atoms with Crippen LogP contribution in [0.5, 0.6) is 0 Å². The van der Waals surface area contributed by atoms with Gasteiger partial charge >= 0.3 is 0 Å². The molecule has 0 fully saturated rings. The van der Waals surface area contributed by atoms with E-state index >= 15 is 0 Å². The van der Waals surface area contributed by atoms with Gasteiger partial charge in [-0.25, -0.2) is 0 Å². The summed E-state index contributed by atoms with van der Waals surface area (Å²) in [5.41, 5.74) is 0.694. The second-order valence-corrected chi connectivity index (χ2v) is 7.14. The van der Waals surface area contributed by atoms with Crippen LogP contribution in [0.1, 0.15) is 27.2 Å². The minimum absolute atomic E-state index is 0.144. The summed E-state index contributed by atoms with van der Waals surface area (Å²) in [5.74, 6) is 0.582. The maximum absolute atomic E-state index is 9.94. The molecule has 0 heterocycles. The van der Waals surface area contributed by atoms with Crippen molar-refractivity contribution in [3.8, 4) is 0 Å². The van der Waals surface area contributed by atoms with Crippen LogP contribution in [0.25, 0.3) is 0 Å². The highest BCUT2D eigenvalue weighted by Crippen LogP contribution is 2.35. The molecule has 2 atom stereocenters. The molecule has 0 aromatic heterocycles. The van der Waals surface area contributed by atoms with Crippen LogP contribution in [0.15, 0.2) is 16.6 Å². The van der Waals surface area contributed by atoms with Gasteiger partial charge in [-0.1, -0.05) is 37.0 Å². The first-order valence-electron chi connectivity index (χ1n) is 6.98. The van der Waals surface area contributed by atoms with E-state index in [1.165, 1.54) is 0 Å². The molecule has 2 N–H and O–H groups in total. The van der Waals surface area contributed by atoms with Crippen LogP contribution >= 0.6 is 39.1 Å². The minimum atomic E-state index is -0.599. The monoisotopic (exact) mass is 397 g/mol. The summed E-state index contributed by atoms with van der Waals surface area (Å²) in [6.07, 6.45) is 0.525. The fraction of sp³-hybridized carbons (Fsp3) is 0.600. The molecule has 0 spiro atoms. The Morgan fingerprint density at radius 2 is 1.90 bits per heavy atom. The maximum atomic E-state index is 9.94. The van der Waals surface area contributed by atoms with Crippen LogP contribution in [-0.2, 0) is 4.74 Å². The number of nitrogens with one attached hydrogen (secondary N) is 1. The molecule has 0 aliphatic carbocycles. The Morgan fingerprint density at radius 1 is 1.24 bits per heavy atom. The van der Waals surface area contributed by atoms with Gasteiger partial charge in [-0.05, 0) is 47.3 Å². The van der Waals surface area contributed by atoms with Crippen LogP contribution in [-0.4, -0.2) is 30.5 Å². The molecule has 3 nitrogen and oxygen atoms in total. The van der Waals surface area contributed by atoms with E-state index in [1.807, 2.05) is 19.1 Å². The number of rotatable bonds is 8. The topological polar surface area (TPSA) is 41.5 Å². The molecular weight excluding hydrogens is 377 g/mol. The first-order chi connectivity index (χ1) is 9.81. The summed E-state index contributed by atoms with van der Waals surface area (Å²) in [5, 5.41) is 13.9. The molecule has 21 heavy (non-hydrogen) atoms. The fourth-order valence-corrected chi connectivity index (χ4v) is 2.80. The second kappa shape index (κ2) is 9.21. The van der Waals surface area contributed by atoms with Crippen molar-refractivity contribution in [3.05, 3.63) is 26.7 Å². The standard InChI is InChI=1S/C15H22BrCl2NO2/c1-9(2)6-10(3)21-8-11(20)7-19-13-5-4-12(16)14(17)15(13)18/h4-5,9-11,19-20H,6-8H2,1-3H3. The summed E-state index contributed by atoms with van der Waals surface area (Å²) < 4.78 is 6.36. The molecule has 0 aliphatic rings. The van der Waals surface area contributed by atoms with Gasteiger partial charge < -0.3 is 15.2 Å². The number of halogens is 3. The van der Waals surface area contributed by atoms with Crippen molar-refractivity contribution in [1.82, 2.24) is 0 Å². The van der Waals surface area contributed by atoms with E-state index in [0.29, 0.717) is 34.8 Å². The first kappa shape index (κ1) is 19.0. The molecule has 0 bridgehead atoms.